The Balaban J connectivity index is 1.79. The zero-order valence-corrected chi connectivity index (χ0v) is 10.9. The Morgan fingerprint density at radius 3 is 3.00 bits per heavy atom. The van der Waals surface area contributed by atoms with Crippen molar-refractivity contribution in [3.8, 4) is 0 Å². The highest BCUT2D eigenvalue weighted by atomic mass is 16.5. The van der Waals surface area contributed by atoms with E-state index in [4.69, 9.17) is 4.74 Å². The van der Waals surface area contributed by atoms with Gasteiger partial charge in [-0.1, -0.05) is 6.07 Å². The van der Waals surface area contributed by atoms with E-state index < -0.39 is 0 Å². The summed E-state index contributed by atoms with van der Waals surface area (Å²) >= 11 is 0. The third-order valence-corrected chi connectivity index (χ3v) is 3.39. The van der Waals surface area contributed by atoms with Gasteiger partial charge in [0.15, 0.2) is 0 Å². The minimum atomic E-state index is 0.0594. The van der Waals surface area contributed by atoms with Crippen LogP contribution in [0.2, 0.25) is 0 Å². The molecule has 1 aliphatic heterocycles. The summed E-state index contributed by atoms with van der Waals surface area (Å²) in [6, 6.07) is 4.41. The van der Waals surface area contributed by atoms with Crippen LogP contribution in [-0.2, 0) is 4.74 Å². The molecule has 2 heterocycles. The standard InChI is InChI=1S/C14H22N2O/c1-11(12-5-4-8-15-9-12)16-10-13-6-7-14(2,3)17-13/h4-5,8-9,11,13,16H,6-7,10H2,1-3H3/t11-,13?/m0/s1. The van der Waals surface area contributed by atoms with E-state index in [0.29, 0.717) is 12.1 Å². The van der Waals surface area contributed by atoms with E-state index in [-0.39, 0.29) is 5.60 Å². The van der Waals surface area contributed by atoms with Crippen molar-refractivity contribution in [2.75, 3.05) is 6.54 Å². The SMILES string of the molecule is C[C@H](NCC1CCC(C)(C)O1)c1cccnc1. The van der Waals surface area contributed by atoms with Crippen molar-refractivity contribution in [1.82, 2.24) is 10.3 Å². The molecule has 0 aromatic carbocycles. The molecule has 2 atom stereocenters. The molecule has 3 nitrogen and oxygen atoms in total. The molecule has 3 heteroatoms. The Hall–Kier alpha value is -0.930. The van der Waals surface area contributed by atoms with Crippen LogP contribution >= 0.6 is 0 Å². The molecule has 1 saturated heterocycles. The monoisotopic (exact) mass is 234 g/mol. The lowest BCUT2D eigenvalue weighted by atomic mass is 10.1. The summed E-state index contributed by atoms with van der Waals surface area (Å²) in [4.78, 5) is 4.14. The van der Waals surface area contributed by atoms with Crippen LogP contribution in [0.15, 0.2) is 24.5 Å². The van der Waals surface area contributed by atoms with Gasteiger partial charge < -0.3 is 10.1 Å². The van der Waals surface area contributed by atoms with E-state index >= 15 is 0 Å². The number of pyridine rings is 1. The summed E-state index contributed by atoms with van der Waals surface area (Å²) in [5.41, 5.74) is 1.29. The molecule has 0 aliphatic carbocycles. The van der Waals surface area contributed by atoms with Crippen molar-refractivity contribution in [1.29, 1.82) is 0 Å². The second kappa shape index (κ2) is 5.15. The summed E-state index contributed by atoms with van der Waals surface area (Å²) in [7, 11) is 0. The fraction of sp³-hybridized carbons (Fsp3) is 0.643. The molecule has 17 heavy (non-hydrogen) atoms. The van der Waals surface area contributed by atoms with E-state index in [0.717, 1.165) is 19.4 Å². The fourth-order valence-corrected chi connectivity index (χ4v) is 2.28. The van der Waals surface area contributed by atoms with Crippen molar-refractivity contribution >= 4 is 0 Å². The van der Waals surface area contributed by atoms with Gasteiger partial charge in [0.1, 0.15) is 0 Å². The predicted octanol–water partition coefficient (Wildman–Crippen LogP) is 2.69. The summed E-state index contributed by atoms with van der Waals surface area (Å²) in [5.74, 6) is 0. The van der Waals surface area contributed by atoms with Crippen LogP contribution in [0.25, 0.3) is 0 Å². The Bertz CT molecular complexity index is 350. The molecule has 1 unspecified atom stereocenters. The summed E-state index contributed by atoms with van der Waals surface area (Å²) in [6.07, 6.45) is 6.38. The third-order valence-electron chi connectivity index (χ3n) is 3.39. The van der Waals surface area contributed by atoms with E-state index in [1.54, 1.807) is 6.20 Å². The minimum Gasteiger partial charge on any atom is -0.371 e. The van der Waals surface area contributed by atoms with Crippen molar-refractivity contribution in [3.63, 3.8) is 0 Å². The molecule has 0 bridgehead atoms. The largest absolute Gasteiger partial charge is 0.371 e. The second-order valence-electron chi connectivity index (χ2n) is 5.45. The van der Waals surface area contributed by atoms with Gasteiger partial charge in [0.05, 0.1) is 11.7 Å². The molecular formula is C14H22N2O. The topological polar surface area (TPSA) is 34.1 Å². The Morgan fingerprint density at radius 1 is 1.59 bits per heavy atom. The minimum absolute atomic E-state index is 0.0594. The molecule has 2 rings (SSSR count). The number of hydrogen-bond acceptors (Lipinski definition) is 3. The van der Waals surface area contributed by atoms with E-state index in [1.165, 1.54) is 5.56 Å². The van der Waals surface area contributed by atoms with Crippen molar-refractivity contribution < 1.29 is 4.74 Å². The molecule has 0 radical (unpaired) electrons. The maximum atomic E-state index is 5.96. The van der Waals surface area contributed by atoms with Crippen molar-refractivity contribution in [2.24, 2.45) is 0 Å². The highest BCUT2D eigenvalue weighted by Crippen LogP contribution is 2.29. The molecular weight excluding hydrogens is 212 g/mol. The second-order valence-corrected chi connectivity index (χ2v) is 5.45. The first-order valence-electron chi connectivity index (χ1n) is 6.38. The highest BCUT2D eigenvalue weighted by molar-refractivity contribution is 5.12. The Labute approximate surface area is 104 Å². The maximum Gasteiger partial charge on any atom is 0.0708 e. The number of ether oxygens (including phenoxy) is 1. The van der Waals surface area contributed by atoms with Crippen LogP contribution in [0.3, 0.4) is 0 Å². The van der Waals surface area contributed by atoms with E-state index in [2.05, 4.69) is 37.1 Å². The fourth-order valence-electron chi connectivity index (χ4n) is 2.28. The number of rotatable bonds is 4. The van der Waals surface area contributed by atoms with Crippen LogP contribution in [0.1, 0.15) is 45.2 Å². The van der Waals surface area contributed by atoms with Crippen molar-refractivity contribution in [2.45, 2.75) is 51.4 Å². The first-order valence-corrected chi connectivity index (χ1v) is 6.38. The van der Waals surface area contributed by atoms with Crippen molar-refractivity contribution in [3.05, 3.63) is 30.1 Å². The lowest BCUT2D eigenvalue weighted by Crippen LogP contribution is -2.31. The first-order chi connectivity index (χ1) is 8.07. The highest BCUT2D eigenvalue weighted by Gasteiger charge is 2.31. The summed E-state index contributed by atoms with van der Waals surface area (Å²) in [5, 5.41) is 3.51. The van der Waals surface area contributed by atoms with Gasteiger partial charge in [-0.05, 0) is 45.2 Å². The van der Waals surface area contributed by atoms with Gasteiger partial charge in [0.25, 0.3) is 0 Å². The Kier molecular flexibility index (Phi) is 3.79. The molecule has 1 aromatic heterocycles. The van der Waals surface area contributed by atoms with E-state index in [9.17, 15) is 0 Å². The zero-order chi connectivity index (χ0) is 12.3. The number of hydrogen-bond donors (Lipinski definition) is 1. The molecule has 1 aliphatic rings. The molecule has 0 saturated carbocycles. The van der Waals surface area contributed by atoms with E-state index in [1.807, 2.05) is 12.3 Å². The molecule has 0 spiro atoms. The zero-order valence-electron chi connectivity index (χ0n) is 10.9. The summed E-state index contributed by atoms with van der Waals surface area (Å²) < 4.78 is 5.96. The van der Waals surface area contributed by atoms with Crippen LogP contribution in [0, 0.1) is 0 Å². The number of aromatic nitrogens is 1. The number of nitrogens with zero attached hydrogens (tertiary/aromatic N) is 1. The molecule has 1 N–H and O–H groups in total. The third kappa shape index (κ3) is 3.51. The normalized spacial score (nSPS) is 24.8. The van der Waals surface area contributed by atoms with Crippen LogP contribution in [0.4, 0.5) is 0 Å². The summed E-state index contributed by atoms with van der Waals surface area (Å²) in [6.45, 7) is 7.41. The van der Waals surface area contributed by atoms with Gasteiger partial charge >= 0.3 is 0 Å². The van der Waals surface area contributed by atoms with Gasteiger partial charge in [0, 0.05) is 25.0 Å². The molecule has 0 amide bonds. The Morgan fingerprint density at radius 2 is 2.41 bits per heavy atom. The molecule has 1 fully saturated rings. The van der Waals surface area contributed by atoms with Crippen LogP contribution in [0.5, 0.6) is 0 Å². The van der Waals surface area contributed by atoms with Gasteiger partial charge in [-0.15, -0.1) is 0 Å². The van der Waals surface area contributed by atoms with Gasteiger partial charge in [0.2, 0.25) is 0 Å². The molecule has 94 valence electrons. The lowest BCUT2D eigenvalue weighted by Gasteiger charge is -2.21. The lowest BCUT2D eigenvalue weighted by molar-refractivity contribution is -0.0150. The maximum absolute atomic E-state index is 5.96. The number of nitrogens with one attached hydrogen (secondary N) is 1. The molecule has 1 aromatic rings. The smallest absolute Gasteiger partial charge is 0.0708 e. The predicted molar refractivity (Wildman–Crippen MR) is 68.8 cm³/mol. The van der Waals surface area contributed by atoms with Gasteiger partial charge in [-0.3, -0.25) is 4.98 Å². The quantitative estimate of drug-likeness (QED) is 0.869. The first kappa shape index (κ1) is 12.5. The average molecular weight is 234 g/mol. The van der Waals surface area contributed by atoms with Gasteiger partial charge in [-0.25, -0.2) is 0 Å². The van der Waals surface area contributed by atoms with Crippen LogP contribution in [-0.4, -0.2) is 23.2 Å². The van der Waals surface area contributed by atoms with Gasteiger partial charge in [-0.2, -0.15) is 0 Å². The van der Waals surface area contributed by atoms with Crippen LogP contribution < -0.4 is 5.32 Å². The average Bonchev–Trinajstić information content (AvgIpc) is 2.67.